The molecule has 0 aliphatic carbocycles. The molecule has 0 aliphatic heterocycles. The molecule has 10 heavy (non-hydrogen) atoms. The van der Waals surface area contributed by atoms with Gasteiger partial charge in [0, 0.05) is 5.69 Å². The van der Waals surface area contributed by atoms with Crippen LogP contribution in [0.1, 0.15) is 26.5 Å². The Labute approximate surface area is 61.7 Å². The summed E-state index contributed by atoms with van der Waals surface area (Å²) in [6.45, 7) is 6.05. The largest absolute Gasteiger partial charge is 0.369 e. The highest BCUT2D eigenvalue weighted by Gasteiger charge is 1.89. The number of H-pyrrole nitrogens is 1. The summed E-state index contributed by atoms with van der Waals surface area (Å²) in [5, 5.41) is 0. The normalized spacial score (nSPS) is 8.30. The molecular weight excluding hydrogens is 126 g/mol. The topological polar surface area (TPSA) is 54.7 Å². The maximum Gasteiger partial charge on any atom is 0.197 e. The standard InChI is InChI=1S/C5H9N3.C2H6/c1-2-4-3-7-5(6)8-4;1-2/h3H,2H2,1H3,(H3,6,7,8);1-2H3. The number of aryl methyl sites for hydroxylation is 1. The van der Waals surface area contributed by atoms with Crippen LogP contribution in [-0.4, -0.2) is 9.97 Å². The van der Waals surface area contributed by atoms with Crippen molar-refractivity contribution >= 4 is 5.95 Å². The first-order valence-electron chi connectivity index (χ1n) is 3.62. The highest BCUT2D eigenvalue weighted by atomic mass is 15.0. The van der Waals surface area contributed by atoms with Gasteiger partial charge in [-0.05, 0) is 6.42 Å². The number of aromatic nitrogens is 2. The fourth-order valence-corrected chi connectivity index (χ4v) is 0.556. The van der Waals surface area contributed by atoms with E-state index in [1.54, 1.807) is 6.20 Å². The molecule has 0 fully saturated rings. The van der Waals surface area contributed by atoms with Crippen molar-refractivity contribution in [2.24, 2.45) is 0 Å². The summed E-state index contributed by atoms with van der Waals surface area (Å²) in [5.41, 5.74) is 6.37. The predicted molar refractivity (Wildman–Crippen MR) is 43.7 cm³/mol. The van der Waals surface area contributed by atoms with Gasteiger partial charge in [0.1, 0.15) is 0 Å². The van der Waals surface area contributed by atoms with Crippen molar-refractivity contribution in [2.45, 2.75) is 27.2 Å². The number of anilines is 1. The molecule has 0 amide bonds. The second kappa shape index (κ2) is 4.85. The van der Waals surface area contributed by atoms with E-state index < -0.39 is 0 Å². The fourth-order valence-electron chi connectivity index (χ4n) is 0.556. The minimum atomic E-state index is 0.502. The van der Waals surface area contributed by atoms with E-state index in [-0.39, 0.29) is 0 Å². The second-order valence-corrected chi connectivity index (χ2v) is 1.65. The van der Waals surface area contributed by atoms with E-state index in [1.807, 2.05) is 20.8 Å². The molecule has 0 aliphatic rings. The van der Waals surface area contributed by atoms with Crippen molar-refractivity contribution in [2.75, 3.05) is 5.73 Å². The number of nitrogens with zero attached hydrogens (tertiary/aromatic N) is 1. The number of nitrogen functional groups attached to an aromatic ring is 1. The molecule has 0 unspecified atom stereocenters. The quantitative estimate of drug-likeness (QED) is 0.623. The lowest BCUT2D eigenvalue weighted by atomic mass is 10.4. The third-order valence-corrected chi connectivity index (χ3v) is 1.03. The van der Waals surface area contributed by atoms with Gasteiger partial charge in [0.15, 0.2) is 5.95 Å². The third-order valence-electron chi connectivity index (χ3n) is 1.03. The summed E-state index contributed by atoms with van der Waals surface area (Å²) in [7, 11) is 0. The Hall–Kier alpha value is -0.990. The van der Waals surface area contributed by atoms with Gasteiger partial charge in [-0.2, -0.15) is 0 Å². The van der Waals surface area contributed by atoms with Crippen LogP contribution in [0.3, 0.4) is 0 Å². The van der Waals surface area contributed by atoms with Crippen LogP contribution < -0.4 is 5.73 Å². The van der Waals surface area contributed by atoms with Crippen LogP contribution in [0.5, 0.6) is 0 Å². The first-order chi connectivity index (χ1) is 4.83. The molecule has 3 heteroatoms. The average molecular weight is 141 g/mol. The van der Waals surface area contributed by atoms with Gasteiger partial charge in [-0.1, -0.05) is 20.8 Å². The molecular formula is C7H15N3. The van der Waals surface area contributed by atoms with Crippen LogP contribution in [0.4, 0.5) is 5.95 Å². The maximum atomic E-state index is 5.29. The van der Waals surface area contributed by atoms with E-state index in [0.29, 0.717) is 5.95 Å². The first kappa shape index (κ1) is 9.01. The molecule has 0 radical (unpaired) electrons. The second-order valence-electron chi connectivity index (χ2n) is 1.65. The van der Waals surface area contributed by atoms with Crippen molar-refractivity contribution in [3.63, 3.8) is 0 Å². The molecule has 1 heterocycles. The molecule has 0 saturated carbocycles. The number of aromatic amines is 1. The summed E-state index contributed by atoms with van der Waals surface area (Å²) < 4.78 is 0. The van der Waals surface area contributed by atoms with Crippen molar-refractivity contribution in [1.82, 2.24) is 9.97 Å². The van der Waals surface area contributed by atoms with Crippen LogP contribution in [0.15, 0.2) is 6.20 Å². The summed E-state index contributed by atoms with van der Waals surface area (Å²) >= 11 is 0. The minimum Gasteiger partial charge on any atom is -0.369 e. The van der Waals surface area contributed by atoms with E-state index in [2.05, 4.69) is 9.97 Å². The minimum absolute atomic E-state index is 0.502. The molecule has 0 saturated heterocycles. The van der Waals surface area contributed by atoms with Gasteiger partial charge in [0.2, 0.25) is 0 Å². The smallest absolute Gasteiger partial charge is 0.197 e. The van der Waals surface area contributed by atoms with Gasteiger partial charge in [0.05, 0.1) is 6.20 Å². The zero-order chi connectivity index (χ0) is 7.98. The summed E-state index contributed by atoms with van der Waals surface area (Å²) in [6.07, 6.45) is 2.71. The van der Waals surface area contributed by atoms with E-state index in [9.17, 15) is 0 Å². The molecule has 58 valence electrons. The molecule has 3 nitrogen and oxygen atoms in total. The lowest BCUT2D eigenvalue weighted by molar-refractivity contribution is 1.07. The van der Waals surface area contributed by atoms with Crippen LogP contribution >= 0.6 is 0 Å². The van der Waals surface area contributed by atoms with Crippen LogP contribution in [0.2, 0.25) is 0 Å². The number of hydrogen-bond acceptors (Lipinski definition) is 2. The van der Waals surface area contributed by atoms with E-state index in [0.717, 1.165) is 12.1 Å². The molecule has 0 aromatic carbocycles. The van der Waals surface area contributed by atoms with Gasteiger partial charge < -0.3 is 10.7 Å². The van der Waals surface area contributed by atoms with Gasteiger partial charge in [-0.15, -0.1) is 0 Å². The lowest BCUT2D eigenvalue weighted by Crippen LogP contribution is -1.85. The number of imidazole rings is 1. The highest BCUT2D eigenvalue weighted by molar-refractivity contribution is 5.17. The molecule has 3 N–H and O–H groups in total. The van der Waals surface area contributed by atoms with Crippen molar-refractivity contribution < 1.29 is 0 Å². The molecule has 0 atom stereocenters. The Bertz CT molecular complexity index is 169. The van der Waals surface area contributed by atoms with E-state index >= 15 is 0 Å². The summed E-state index contributed by atoms with van der Waals surface area (Å²) in [6, 6.07) is 0. The van der Waals surface area contributed by atoms with Crippen molar-refractivity contribution in [3.05, 3.63) is 11.9 Å². The van der Waals surface area contributed by atoms with Gasteiger partial charge in [-0.25, -0.2) is 4.98 Å². The predicted octanol–water partition coefficient (Wildman–Crippen LogP) is 1.58. The van der Waals surface area contributed by atoms with Crippen LogP contribution in [-0.2, 0) is 6.42 Å². The van der Waals surface area contributed by atoms with Gasteiger partial charge in [0.25, 0.3) is 0 Å². The number of nitrogens with two attached hydrogens (primary N) is 1. The number of hydrogen-bond donors (Lipinski definition) is 2. The van der Waals surface area contributed by atoms with Crippen molar-refractivity contribution in [3.8, 4) is 0 Å². The Balaban J connectivity index is 0.000000371. The van der Waals surface area contributed by atoms with E-state index in [1.165, 1.54) is 0 Å². The molecule has 1 aromatic heterocycles. The number of rotatable bonds is 1. The Morgan fingerprint density at radius 2 is 2.20 bits per heavy atom. The zero-order valence-corrected chi connectivity index (χ0v) is 6.81. The summed E-state index contributed by atoms with van der Waals surface area (Å²) in [4.78, 5) is 6.70. The fraction of sp³-hybridized carbons (Fsp3) is 0.571. The lowest BCUT2D eigenvalue weighted by Gasteiger charge is -1.82. The molecule has 1 rings (SSSR count). The molecule has 1 aromatic rings. The van der Waals surface area contributed by atoms with Gasteiger partial charge in [-0.3, -0.25) is 0 Å². The zero-order valence-electron chi connectivity index (χ0n) is 6.81. The Kier molecular flexibility index (Phi) is 4.37. The Morgan fingerprint density at radius 1 is 1.60 bits per heavy atom. The molecule has 0 spiro atoms. The monoisotopic (exact) mass is 141 g/mol. The SMILES string of the molecule is CC.CCc1cnc(N)[nH]1. The van der Waals surface area contributed by atoms with E-state index in [4.69, 9.17) is 5.73 Å². The van der Waals surface area contributed by atoms with Crippen LogP contribution in [0.25, 0.3) is 0 Å². The maximum absolute atomic E-state index is 5.29. The molecule has 0 bridgehead atoms. The van der Waals surface area contributed by atoms with Gasteiger partial charge >= 0.3 is 0 Å². The summed E-state index contributed by atoms with van der Waals surface area (Å²) in [5.74, 6) is 0.502. The third kappa shape index (κ3) is 2.53. The number of nitrogens with one attached hydrogen (secondary N) is 1. The first-order valence-corrected chi connectivity index (χ1v) is 3.62. The Morgan fingerprint density at radius 3 is 2.40 bits per heavy atom. The van der Waals surface area contributed by atoms with Crippen LogP contribution in [0, 0.1) is 0 Å². The van der Waals surface area contributed by atoms with Crippen molar-refractivity contribution in [1.29, 1.82) is 0 Å². The average Bonchev–Trinajstić information content (AvgIpc) is 2.40. The highest BCUT2D eigenvalue weighted by Crippen LogP contribution is 1.96.